The Kier molecular flexibility index (Phi) is 4.02. The summed E-state index contributed by atoms with van der Waals surface area (Å²) in [5.74, 6) is 0. The van der Waals surface area contributed by atoms with Gasteiger partial charge in [0.1, 0.15) is 0 Å². The Morgan fingerprint density at radius 2 is 2.00 bits per heavy atom. The van der Waals surface area contributed by atoms with Crippen LogP contribution in [0.5, 0.6) is 0 Å². The number of likely N-dealkylation sites (N-methyl/N-ethyl adjacent to an activating group) is 1. The molecule has 0 saturated carbocycles. The Hall–Kier alpha value is -1.35. The van der Waals surface area contributed by atoms with Crippen LogP contribution < -0.4 is 5.32 Å². The summed E-state index contributed by atoms with van der Waals surface area (Å²) in [5, 5.41) is 3.28. The van der Waals surface area contributed by atoms with E-state index < -0.39 is 0 Å². The molecule has 98 valence electrons. The fraction of sp³-hybridized carbons (Fsp3) is 0.533. The summed E-state index contributed by atoms with van der Waals surface area (Å²) in [4.78, 5) is 4.54. The Bertz CT molecular complexity index is 522. The molecule has 1 unspecified atom stereocenters. The Morgan fingerprint density at radius 1 is 1.28 bits per heavy atom. The van der Waals surface area contributed by atoms with E-state index in [1.165, 1.54) is 29.5 Å². The first kappa shape index (κ1) is 13.1. The standard InChI is InChI=1S/C15H23N3/c1-5-6-13(9-16-4)18-10-17-14-7-11(2)12(3)8-15(14)18/h7-8,10,13,16H,5-6,9H2,1-4H3. The van der Waals surface area contributed by atoms with Crippen molar-refractivity contribution in [3.63, 3.8) is 0 Å². The molecular weight excluding hydrogens is 222 g/mol. The molecule has 1 heterocycles. The molecule has 0 fully saturated rings. The molecule has 1 N–H and O–H groups in total. The third kappa shape index (κ3) is 2.41. The van der Waals surface area contributed by atoms with Crippen molar-refractivity contribution in [3.05, 3.63) is 29.6 Å². The van der Waals surface area contributed by atoms with Crippen LogP contribution in [0, 0.1) is 13.8 Å². The molecule has 0 aliphatic rings. The zero-order chi connectivity index (χ0) is 13.1. The molecule has 0 spiro atoms. The second kappa shape index (κ2) is 5.53. The van der Waals surface area contributed by atoms with Crippen molar-refractivity contribution >= 4 is 11.0 Å². The third-order valence-electron chi connectivity index (χ3n) is 3.65. The van der Waals surface area contributed by atoms with Crippen LogP contribution in [-0.4, -0.2) is 23.1 Å². The summed E-state index contributed by atoms with van der Waals surface area (Å²) in [6.45, 7) is 7.54. The van der Waals surface area contributed by atoms with Crippen LogP contribution in [0.15, 0.2) is 18.5 Å². The minimum atomic E-state index is 0.493. The summed E-state index contributed by atoms with van der Waals surface area (Å²) >= 11 is 0. The van der Waals surface area contributed by atoms with E-state index in [0.29, 0.717) is 6.04 Å². The van der Waals surface area contributed by atoms with Crippen LogP contribution in [0.4, 0.5) is 0 Å². The summed E-state index contributed by atoms with van der Waals surface area (Å²) in [7, 11) is 2.01. The summed E-state index contributed by atoms with van der Waals surface area (Å²) in [6.07, 6.45) is 4.36. The maximum atomic E-state index is 4.54. The van der Waals surface area contributed by atoms with Gasteiger partial charge in [-0.2, -0.15) is 0 Å². The van der Waals surface area contributed by atoms with Gasteiger partial charge in [-0.3, -0.25) is 0 Å². The number of nitrogens with one attached hydrogen (secondary N) is 1. The van der Waals surface area contributed by atoms with E-state index in [1.807, 2.05) is 13.4 Å². The number of imidazole rings is 1. The predicted molar refractivity (Wildman–Crippen MR) is 77.1 cm³/mol. The van der Waals surface area contributed by atoms with Crippen molar-refractivity contribution in [2.75, 3.05) is 13.6 Å². The van der Waals surface area contributed by atoms with Gasteiger partial charge in [-0.15, -0.1) is 0 Å². The van der Waals surface area contributed by atoms with E-state index in [4.69, 9.17) is 0 Å². The zero-order valence-corrected chi connectivity index (χ0v) is 11.8. The molecule has 18 heavy (non-hydrogen) atoms. The second-order valence-electron chi connectivity index (χ2n) is 5.08. The second-order valence-corrected chi connectivity index (χ2v) is 5.08. The van der Waals surface area contributed by atoms with Crippen LogP contribution in [0.2, 0.25) is 0 Å². The maximum absolute atomic E-state index is 4.54. The highest BCUT2D eigenvalue weighted by Gasteiger charge is 2.13. The van der Waals surface area contributed by atoms with Crippen LogP contribution in [-0.2, 0) is 0 Å². The monoisotopic (exact) mass is 245 g/mol. The summed E-state index contributed by atoms with van der Waals surface area (Å²) < 4.78 is 2.32. The first-order valence-corrected chi connectivity index (χ1v) is 6.75. The van der Waals surface area contributed by atoms with E-state index in [2.05, 4.69) is 47.8 Å². The molecule has 0 aliphatic carbocycles. The molecule has 0 aliphatic heterocycles. The van der Waals surface area contributed by atoms with Crippen molar-refractivity contribution in [2.24, 2.45) is 0 Å². The normalized spacial score (nSPS) is 13.1. The topological polar surface area (TPSA) is 29.9 Å². The Morgan fingerprint density at radius 3 is 2.67 bits per heavy atom. The van der Waals surface area contributed by atoms with Gasteiger partial charge in [0, 0.05) is 12.6 Å². The van der Waals surface area contributed by atoms with Crippen molar-refractivity contribution < 1.29 is 0 Å². The SMILES string of the molecule is CCCC(CNC)n1cnc2cc(C)c(C)cc21. The van der Waals surface area contributed by atoms with Crippen LogP contribution in [0.1, 0.15) is 36.9 Å². The molecule has 3 nitrogen and oxygen atoms in total. The van der Waals surface area contributed by atoms with Crippen molar-refractivity contribution in [2.45, 2.75) is 39.7 Å². The fourth-order valence-electron chi connectivity index (χ4n) is 2.48. The predicted octanol–water partition coefficient (Wildman–Crippen LogP) is 3.21. The smallest absolute Gasteiger partial charge is 0.0961 e. The quantitative estimate of drug-likeness (QED) is 0.876. The lowest BCUT2D eigenvalue weighted by Crippen LogP contribution is -2.21. The molecule has 0 amide bonds. The number of hydrogen-bond donors (Lipinski definition) is 1. The zero-order valence-electron chi connectivity index (χ0n) is 11.8. The van der Waals surface area contributed by atoms with Gasteiger partial charge in [-0.25, -0.2) is 4.98 Å². The lowest BCUT2D eigenvalue weighted by atomic mass is 10.1. The largest absolute Gasteiger partial charge is 0.326 e. The average molecular weight is 245 g/mol. The number of aryl methyl sites for hydroxylation is 2. The van der Waals surface area contributed by atoms with E-state index in [9.17, 15) is 0 Å². The molecule has 0 bridgehead atoms. The molecule has 2 aromatic rings. The van der Waals surface area contributed by atoms with Gasteiger partial charge in [0.15, 0.2) is 0 Å². The summed E-state index contributed by atoms with van der Waals surface area (Å²) in [5.41, 5.74) is 5.01. The van der Waals surface area contributed by atoms with E-state index in [-0.39, 0.29) is 0 Å². The molecule has 3 heteroatoms. The highest BCUT2D eigenvalue weighted by atomic mass is 15.1. The third-order valence-corrected chi connectivity index (χ3v) is 3.65. The number of rotatable bonds is 5. The van der Waals surface area contributed by atoms with Crippen LogP contribution >= 0.6 is 0 Å². The van der Waals surface area contributed by atoms with Crippen molar-refractivity contribution in [1.29, 1.82) is 0 Å². The highest BCUT2D eigenvalue weighted by molar-refractivity contribution is 5.77. The molecule has 1 aromatic carbocycles. The molecule has 1 atom stereocenters. The Labute approximate surface area is 109 Å². The fourth-order valence-corrected chi connectivity index (χ4v) is 2.48. The Balaban J connectivity index is 2.46. The van der Waals surface area contributed by atoms with Gasteiger partial charge < -0.3 is 9.88 Å². The summed E-state index contributed by atoms with van der Waals surface area (Å²) in [6, 6.07) is 4.94. The van der Waals surface area contributed by atoms with Crippen molar-refractivity contribution in [1.82, 2.24) is 14.9 Å². The number of nitrogens with zero attached hydrogens (tertiary/aromatic N) is 2. The lowest BCUT2D eigenvalue weighted by Gasteiger charge is -2.18. The van der Waals surface area contributed by atoms with Gasteiger partial charge in [-0.05, 0) is 50.6 Å². The molecule has 0 radical (unpaired) electrons. The number of benzene rings is 1. The average Bonchev–Trinajstić information content (AvgIpc) is 2.72. The number of fused-ring (bicyclic) bond motifs is 1. The lowest BCUT2D eigenvalue weighted by molar-refractivity contribution is 0.452. The van der Waals surface area contributed by atoms with Crippen molar-refractivity contribution in [3.8, 4) is 0 Å². The van der Waals surface area contributed by atoms with Crippen LogP contribution in [0.3, 0.4) is 0 Å². The minimum absolute atomic E-state index is 0.493. The molecular formula is C15H23N3. The highest BCUT2D eigenvalue weighted by Crippen LogP contribution is 2.23. The van der Waals surface area contributed by atoms with E-state index >= 15 is 0 Å². The molecule has 1 aromatic heterocycles. The molecule has 2 rings (SSSR count). The van der Waals surface area contributed by atoms with E-state index in [0.717, 1.165) is 12.1 Å². The van der Waals surface area contributed by atoms with Gasteiger partial charge >= 0.3 is 0 Å². The molecule has 0 saturated heterocycles. The minimum Gasteiger partial charge on any atom is -0.326 e. The van der Waals surface area contributed by atoms with Gasteiger partial charge in [0.2, 0.25) is 0 Å². The number of aromatic nitrogens is 2. The van der Waals surface area contributed by atoms with Crippen LogP contribution in [0.25, 0.3) is 11.0 Å². The first-order valence-electron chi connectivity index (χ1n) is 6.75. The van der Waals surface area contributed by atoms with Gasteiger partial charge in [0.25, 0.3) is 0 Å². The maximum Gasteiger partial charge on any atom is 0.0961 e. The first-order chi connectivity index (χ1) is 8.67. The number of hydrogen-bond acceptors (Lipinski definition) is 2. The van der Waals surface area contributed by atoms with Gasteiger partial charge in [0.05, 0.1) is 17.4 Å². The van der Waals surface area contributed by atoms with E-state index in [1.54, 1.807) is 0 Å². The van der Waals surface area contributed by atoms with Gasteiger partial charge in [-0.1, -0.05) is 13.3 Å².